The van der Waals surface area contributed by atoms with Crippen molar-refractivity contribution in [3.63, 3.8) is 0 Å². The summed E-state index contributed by atoms with van der Waals surface area (Å²) in [6.45, 7) is 2.20. The van der Waals surface area contributed by atoms with Gasteiger partial charge in [0, 0.05) is 25.6 Å². The fourth-order valence-corrected chi connectivity index (χ4v) is 2.39. The predicted octanol–water partition coefficient (Wildman–Crippen LogP) is 1.14. The molecule has 5 nitrogen and oxygen atoms in total. The van der Waals surface area contributed by atoms with Crippen molar-refractivity contribution in [1.82, 2.24) is 10.2 Å². The molecular formula is C14H20N2O3. The number of hydrogen-bond acceptors (Lipinski definition) is 3. The molecule has 0 bridgehead atoms. The summed E-state index contributed by atoms with van der Waals surface area (Å²) < 4.78 is 0. The van der Waals surface area contributed by atoms with Crippen molar-refractivity contribution in [2.75, 3.05) is 19.6 Å². The largest absolute Gasteiger partial charge is 0.465 e. The number of aliphatic hydroxyl groups excluding tert-OH is 1. The average Bonchev–Trinajstić information content (AvgIpc) is 2.41. The first kappa shape index (κ1) is 13.8. The maximum absolute atomic E-state index is 10.8. The molecule has 2 rings (SSSR count). The molecule has 0 saturated carbocycles. The van der Waals surface area contributed by atoms with Crippen LogP contribution in [0.25, 0.3) is 0 Å². The van der Waals surface area contributed by atoms with Crippen LogP contribution in [0.3, 0.4) is 0 Å². The molecule has 0 aromatic heterocycles. The molecule has 0 radical (unpaired) electrons. The van der Waals surface area contributed by atoms with Crippen LogP contribution in [0, 0.1) is 5.92 Å². The van der Waals surface area contributed by atoms with Gasteiger partial charge in [-0.05, 0) is 12.0 Å². The topological polar surface area (TPSA) is 72.8 Å². The lowest BCUT2D eigenvalue weighted by Gasteiger charge is -2.34. The second kappa shape index (κ2) is 6.54. The Morgan fingerprint density at radius 1 is 1.37 bits per heavy atom. The van der Waals surface area contributed by atoms with Crippen LogP contribution in [0.2, 0.25) is 0 Å². The summed E-state index contributed by atoms with van der Waals surface area (Å²) in [5.41, 5.74) is 1.21. The van der Waals surface area contributed by atoms with E-state index in [9.17, 15) is 9.90 Å². The number of nitrogens with zero attached hydrogens (tertiary/aromatic N) is 1. The van der Waals surface area contributed by atoms with Gasteiger partial charge in [0.2, 0.25) is 0 Å². The van der Waals surface area contributed by atoms with Crippen molar-refractivity contribution >= 4 is 6.09 Å². The highest BCUT2D eigenvalue weighted by molar-refractivity contribution is 5.65. The van der Waals surface area contributed by atoms with Gasteiger partial charge < -0.3 is 20.4 Å². The summed E-state index contributed by atoms with van der Waals surface area (Å²) in [5.74, 6) is 0.124. The molecule has 19 heavy (non-hydrogen) atoms. The standard InChI is InChI=1S/C14H20N2O3/c17-13-10-16(14(18)19)7-6-12(13)9-15-8-11-4-2-1-3-5-11/h1-5,12-13,15,17H,6-10H2,(H,18,19)/t12?,13-/m1/s1. The first-order valence-electron chi connectivity index (χ1n) is 6.57. The number of likely N-dealkylation sites (tertiary alicyclic amines) is 1. The van der Waals surface area contributed by atoms with Gasteiger partial charge in [0.15, 0.2) is 0 Å². The Kier molecular flexibility index (Phi) is 4.76. The molecule has 1 aliphatic rings. The minimum atomic E-state index is -0.949. The van der Waals surface area contributed by atoms with Gasteiger partial charge in [-0.15, -0.1) is 0 Å². The van der Waals surface area contributed by atoms with Crippen LogP contribution in [0.1, 0.15) is 12.0 Å². The second-order valence-corrected chi connectivity index (χ2v) is 4.96. The number of piperidine rings is 1. The van der Waals surface area contributed by atoms with Crippen molar-refractivity contribution < 1.29 is 15.0 Å². The summed E-state index contributed by atoms with van der Waals surface area (Å²) >= 11 is 0. The Morgan fingerprint density at radius 3 is 2.74 bits per heavy atom. The maximum atomic E-state index is 10.8. The van der Waals surface area contributed by atoms with E-state index in [0.717, 1.165) is 6.54 Å². The van der Waals surface area contributed by atoms with Crippen LogP contribution in [0.5, 0.6) is 0 Å². The SMILES string of the molecule is O=C(O)N1CCC(CNCc2ccccc2)[C@H](O)C1. The third-order valence-corrected chi connectivity index (χ3v) is 3.57. The quantitative estimate of drug-likeness (QED) is 0.762. The third kappa shape index (κ3) is 3.94. The van der Waals surface area contributed by atoms with Crippen molar-refractivity contribution in [3.05, 3.63) is 35.9 Å². The highest BCUT2D eigenvalue weighted by atomic mass is 16.4. The molecule has 1 unspecified atom stereocenters. The zero-order valence-corrected chi connectivity index (χ0v) is 10.8. The van der Waals surface area contributed by atoms with Crippen molar-refractivity contribution in [1.29, 1.82) is 0 Å². The van der Waals surface area contributed by atoms with E-state index >= 15 is 0 Å². The first-order valence-corrected chi connectivity index (χ1v) is 6.57. The molecule has 0 aliphatic carbocycles. The number of amides is 1. The molecule has 1 heterocycles. The Bertz CT molecular complexity index is 410. The van der Waals surface area contributed by atoms with Gasteiger partial charge in [-0.1, -0.05) is 30.3 Å². The van der Waals surface area contributed by atoms with E-state index in [1.54, 1.807) is 0 Å². The van der Waals surface area contributed by atoms with E-state index in [1.165, 1.54) is 10.5 Å². The Morgan fingerprint density at radius 2 is 2.11 bits per heavy atom. The van der Waals surface area contributed by atoms with Gasteiger partial charge in [0.1, 0.15) is 0 Å². The molecule has 1 fully saturated rings. The Hall–Kier alpha value is -1.59. The van der Waals surface area contributed by atoms with Gasteiger partial charge in [-0.3, -0.25) is 0 Å². The van der Waals surface area contributed by atoms with Crippen LogP contribution < -0.4 is 5.32 Å². The molecule has 0 spiro atoms. The van der Waals surface area contributed by atoms with E-state index in [4.69, 9.17) is 5.11 Å². The van der Waals surface area contributed by atoms with Gasteiger partial charge in [0.25, 0.3) is 0 Å². The smallest absolute Gasteiger partial charge is 0.407 e. The zero-order valence-electron chi connectivity index (χ0n) is 10.8. The zero-order chi connectivity index (χ0) is 13.7. The average molecular weight is 264 g/mol. The van der Waals surface area contributed by atoms with E-state index < -0.39 is 12.2 Å². The summed E-state index contributed by atoms with van der Waals surface area (Å²) in [4.78, 5) is 12.1. The van der Waals surface area contributed by atoms with Gasteiger partial charge in [-0.2, -0.15) is 0 Å². The highest BCUT2D eigenvalue weighted by Gasteiger charge is 2.29. The monoisotopic (exact) mass is 264 g/mol. The first-order chi connectivity index (χ1) is 9.16. The van der Waals surface area contributed by atoms with Crippen LogP contribution in [0.4, 0.5) is 4.79 Å². The molecule has 1 aromatic carbocycles. The van der Waals surface area contributed by atoms with Crippen molar-refractivity contribution in [2.24, 2.45) is 5.92 Å². The number of rotatable bonds is 4. The molecule has 1 amide bonds. The third-order valence-electron chi connectivity index (χ3n) is 3.57. The molecule has 1 aromatic rings. The van der Waals surface area contributed by atoms with E-state index in [-0.39, 0.29) is 12.5 Å². The number of β-amino-alcohol motifs (C(OH)–C–C–N with tert-alkyl or cyclic N) is 1. The predicted molar refractivity (Wildman–Crippen MR) is 71.9 cm³/mol. The number of carbonyl (C=O) groups is 1. The van der Waals surface area contributed by atoms with Gasteiger partial charge >= 0.3 is 6.09 Å². The minimum absolute atomic E-state index is 0.124. The Labute approximate surface area is 112 Å². The van der Waals surface area contributed by atoms with Gasteiger partial charge in [-0.25, -0.2) is 4.79 Å². The fourth-order valence-electron chi connectivity index (χ4n) is 2.39. The van der Waals surface area contributed by atoms with Crippen LogP contribution >= 0.6 is 0 Å². The van der Waals surface area contributed by atoms with Crippen LogP contribution in [-0.4, -0.2) is 46.9 Å². The maximum Gasteiger partial charge on any atom is 0.407 e. The lowest BCUT2D eigenvalue weighted by Crippen LogP contribution is -2.48. The van der Waals surface area contributed by atoms with E-state index in [0.29, 0.717) is 19.5 Å². The molecule has 1 aliphatic heterocycles. The van der Waals surface area contributed by atoms with Crippen molar-refractivity contribution in [2.45, 2.75) is 19.1 Å². The summed E-state index contributed by atoms with van der Waals surface area (Å²) in [6, 6.07) is 10.1. The van der Waals surface area contributed by atoms with Crippen LogP contribution in [0.15, 0.2) is 30.3 Å². The fraction of sp³-hybridized carbons (Fsp3) is 0.500. The number of aliphatic hydroxyl groups is 1. The molecular weight excluding hydrogens is 244 g/mol. The number of carboxylic acid groups (broad SMARTS) is 1. The lowest BCUT2D eigenvalue weighted by molar-refractivity contribution is 0.0249. The minimum Gasteiger partial charge on any atom is -0.465 e. The molecule has 2 atom stereocenters. The Balaban J connectivity index is 1.74. The highest BCUT2D eigenvalue weighted by Crippen LogP contribution is 2.17. The summed E-state index contributed by atoms with van der Waals surface area (Å²) in [5, 5.41) is 22.1. The van der Waals surface area contributed by atoms with E-state index in [1.807, 2.05) is 18.2 Å². The number of hydrogen-bond donors (Lipinski definition) is 3. The normalized spacial score (nSPS) is 23.3. The molecule has 3 N–H and O–H groups in total. The van der Waals surface area contributed by atoms with Crippen molar-refractivity contribution in [3.8, 4) is 0 Å². The second-order valence-electron chi connectivity index (χ2n) is 4.96. The molecule has 5 heteroatoms. The number of benzene rings is 1. The van der Waals surface area contributed by atoms with Gasteiger partial charge in [0.05, 0.1) is 12.6 Å². The number of nitrogens with one attached hydrogen (secondary N) is 1. The van der Waals surface area contributed by atoms with E-state index in [2.05, 4.69) is 17.4 Å². The van der Waals surface area contributed by atoms with Crippen LogP contribution in [-0.2, 0) is 6.54 Å². The molecule has 104 valence electrons. The lowest BCUT2D eigenvalue weighted by atomic mass is 9.94. The summed E-state index contributed by atoms with van der Waals surface area (Å²) in [6.07, 6.45) is -0.821. The molecule has 1 saturated heterocycles. The summed E-state index contributed by atoms with van der Waals surface area (Å²) in [7, 11) is 0.